The van der Waals surface area contributed by atoms with Crippen molar-refractivity contribution < 1.29 is 19.4 Å². The van der Waals surface area contributed by atoms with Crippen LogP contribution in [-0.4, -0.2) is 23.7 Å². The first kappa shape index (κ1) is 18.7. The highest BCUT2D eigenvalue weighted by molar-refractivity contribution is 8.18. The van der Waals surface area contributed by atoms with Gasteiger partial charge in [-0.2, -0.15) is 0 Å². The first-order chi connectivity index (χ1) is 12.9. The molecule has 0 atom stereocenters. The van der Waals surface area contributed by atoms with Crippen LogP contribution in [0.4, 0.5) is 5.69 Å². The smallest absolute Gasteiger partial charge is 0.264 e. The minimum absolute atomic E-state index is 0.207. The summed E-state index contributed by atoms with van der Waals surface area (Å²) in [7, 11) is 0. The molecule has 6 nitrogen and oxygen atoms in total. The van der Waals surface area contributed by atoms with E-state index in [9.17, 15) is 14.7 Å². The molecule has 0 saturated carbocycles. The van der Waals surface area contributed by atoms with Gasteiger partial charge in [-0.3, -0.25) is 4.79 Å². The molecule has 1 aliphatic heterocycles. The number of nitrogens with zero attached hydrogens (tertiary/aromatic N) is 1. The van der Waals surface area contributed by atoms with E-state index in [2.05, 4.69) is 10.3 Å². The second-order valence-electron chi connectivity index (χ2n) is 6.00. The van der Waals surface area contributed by atoms with E-state index in [1.807, 2.05) is 32.0 Å². The number of nitrogens with one attached hydrogen (secondary N) is 1. The number of amides is 1. The third-order valence-electron chi connectivity index (χ3n) is 3.77. The van der Waals surface area contributed by atoms with Gasteiger partial charge in [-0.25, -0.2) is 4.99 Å². The monoisotopic (exact) mass is 381 g/mol. The lowest BCUT2D eigenvalue weighted by Gasteiger charge is -2.06. The van der Waals surface area contributed by atoms with Gasteiger partial charge < -0.3 is 20.0 Å². The van der Waals surface area contributed by atoms with Crippen molar-refractivity contribution >= 4 is 40.6 Å². The number of aliphatic imine (C=N–C) groups is 1. The summed E-state index contributed by atoms with van der Waals surface area (Å²) in [4.78, 5) is 27.7. The van der Waals surface area contributed by atoms with Crippen molar-refractivity contribution in [1.82, 2.24) is 5.32 Å². The summed E-state index contributed by atoms with van der Waals surface area (Å²) in [6.45, 7) is 3.47. The summed E-state index contributed by atoms with van der Waals surface area (Å²) in [6, 6.07) is 12.7. The molecule has 2 aromatic carbocycles. The molecule has 1 aliphatic rings. The number of aryl methyl sites for hydroxylation is 2. The van der Waals surface area contributed by atoms with Gasteiger partial charge in [0.1, 0.15) is 12.4 Å². The van der Waals surface area contributed by atoms with E-state index in [-0.39, 0.29) is 5.91 Å². The highest BCUT2D eigenvalue weighted by Crippen LogP contribution is 2.29. The Hall–Kier alpha value is -3.06. The van der Waals surface area contributed by atoms with E-state index in [4.69, 9.17) is 4.74 Å². The first-order valence-corrected chi connectivity index (χ1v) is 9.02. The number of amidine groups is 1. The van der Waals surface area contributed by atoms with Crippen molar-refractivity contribution in [3.63, 3.8) is 0 Å². The second kappa shape index (κ2) is 8.09. The van der Waals surface area contributed by atoms with E-state index in [1.54, 1.807) is 30.3 Å². The topological polar surface area (TPSA) is 90.8 Å². The van der Waals surface area contributed by atoms with Crippen molar-refractivity contribution in [1.29, 1.82) is 0 Å². The third-order valence-corrected chi connectivity index (χ3v) is 4.68. The number of rotatable bonds is 5. The molecule has 2 aromatic rings. The quantitative estimate of drug-likeness (QED) is 0.803. The SMILES string of the molecule is Cc1ccc(C)c(N=C2NC(=O)/C(=C\c3ccc(OCC(=O)[O-])cc3)S2)c1. The van der Waals surface area contributed by atoms with Gasteiger partial charge in [-0.1, -0.05) is 24.3 Å². The number of ether oxygens (including phenoxy) is 1. The maximum absolute atomic E-state index is 12.2. The zero-order valence-electron chi connectivity index (χ0n) is 14.8. The van der Waals surface area contributed by atoms with Crippen LogP contribution in [0, 0.1) is 13.8 Å². The van der Waals surface area contributed by atoms with Gasteiger partial charge in [-0.15, -0.1) is 0 Å². The minimum Gasteiger partial charge on any atom is -0.546 e. The van der Waals surface area contributed by atoms with E-state index in [0.29, 0.717) is 15.8 Å². The van der Waals surface area contributed by atoms with Crippen LogP contribution in [0.2, 0.25) is 0 Å². The summed E-state index contributed by atoms with van der Waals surface area (Å²) < 4.78 is 5.03. The Morgan fingerprint density at radius 1 is 1.22 bits per heavy atom. The van der Waals surface area contributed by atoms with Crippen LogP contribution in [0.3, 0.4) is 0 Å². The number of carboxylic acids is 1. The second-order valence-corrected chi connectivity index (χ2v) is 7.03. The Morgan fingerprint density at radius 3 is 2.67 bits per heavy atom. The van der Waals surface area contributed by atoms with Gasteiger partial charge in [0.05, 0.1) is 16.6 Å². The van der Waals surface area contributed by atoms with Crippen LogP contribution in [0.1, 0.15) is 16.7 Å². The number of hydrogen-bond acceptors (Lipinski definition) is 6. The largest absolute Gasteiger partial charge is 0.546 e. The van der Waals surface area contributed by atoms with Gasteiger partial charge in [0, 0.05) is 0 Å². The molecule has 0 spiro atoms. The van der Waals surface area contributed by atoms with E-state index < -0.39 is 12.6 Å². The summed E-state index contributed by atoms with van der Waals surface area (Å²) in [5, 5.41) is 13.7. The number of aliphatic carboxylic acids is 1. The fourth-order valence-electron chi connectivity index (χ4n) is 2.38. The third kappa shape index (κ3) is 4.98. The molecule has 138 valence electrons. The van der Waals surface area contributed by atoms with Crippen LogP contribution in [0.25, 0.3) is 6.08 Å². The summed E-state index contributed by atoms with van der Waals surface area (Å²) in [5.74, 6) is -1.07. The van der Waals surface area contributed by atoms with E-state index >= 15 is 0 Å². The molecule has 0 unspecified atom stereocenters. The Labute approximate surface area is 161 Å². The van der Waals surface area contributed by atoms with Gasteiger partial charge >= 0.3 is 0 Å². The molecule has 0 aliphatic carbocycles. The number of benzene rings is 2. The summed E-state index contributed by atoms with van der Waals surface area (Å²) in [6.07, 6.45) is 1.74. The molecular formula is C20H17N2O4S-. The van der Waals surface area contributed by atoms with Crippen LogP contribution in [0.5, 0.6) is 5.75 Å². The highest BCUT2D eigenvalue weighted by atomic mass is 32.2. The van der Waals surface area contributed by atoms with Crippen molar-refractivity contribution in [2.45, 2.75) is 13.8 Å². The van der Waals surface area contributed by atoms with Crippen LogP contribution >= 0.6 is 11.8 Å². The zero-order valence-corrected chi connectivity index (χ0v) is 15.6. The van der Waals surface area contributed by atoms with Crippen molar-refractivity contribution in [3.8, 4) is 5.75 Å². The molecule has 0 bridgehead atoms. The molecule has 1 saturated heterocycles. The lowest BCUT2D eigenvalue weighted by Crippen LogP contribution is -2.28. The number of carbonyl (C=O) groups excluding carboxylic acids is 2. The molecule has 1 N–H and O–H groups in total. The fourth-order valence-corrected chi connectivity index (χ4v) is 3.22. The molecule has 0 radical (unpaired) electrons. The van der Waals surface area contributed by atoms with Crippen molar-refractivity contribution in [2.24, 2.45) is 4.99 Å². The van der Waals surface area contributed by atoms with E-state index in [0.717, 1.165) is 22.4 Å². The number of carbonyl (C=O) groups is 2. The number of carboxylic acid groups (broad SMARTS) is 1. The predicted molar refractivity (Wildman–Crippen MR) is 104 cm³/mol. The summed E-state index contributed by atoms with van der Waals surface area (Å²) >= 11 is 1.27. The minimum atomic E-state index is -1.28. The molecule has 0 aromatic heterocycles. The predicted octanol–water partition coefficient (Wildman–Crippen LogP) is 2.32. The molecule has 7 heteroatoms. The fraction of sp³-hybridized carbons (Fsp3) is 0.150. The van der Waals surface area contributed by atoms with E-state index in [1.165, 1.54) is 11.8 Å². The maximum atomic E-state index is 12.2. The van der Waals surface area contributed by atoms with Gasteiger partial charge in [0.25, 0.3) is 5.91 Å². The Kier molecular flexibility index (Phi) is 5.61. The van der Waals surface area contributed by atoms with Gasteiger partial charge in [0.15, 0.2) is 5.17 Å². The molecule has 1 amide bonds. The lowest BCUT2D eigenvalue weighted by atomic mass is 10.1. The lowest BCUT2D eigenvalue weighted by molar-refractivity contribution is -0.307. The molecule has 1 heterocycles. The Morgan fingerprint density at radius 2 is 1.96 bits per heavy atom. The van der Waals surface area contributed by atoms with Gasteiger partial charge in [0.2, 0.25) is 0 Å². The Balaban J connectivity index is 1.74. The summed E-state index contributed by atoms with van der Waals surface area (Å²) in [5.41, 5.74) is 3.76. The average molecular weight is 381 g/mol. The van der Waals surface area contributed by atoms with Gasteiger partial charge in [-0.05, 0) is 66.6 Å². The highest BCUT2D eigenvalue weighted by Gasteiger charge is 2.23. The van der Waals surface area contributed by atoms with Crippen molar-refractivity contribution in [2.75, 3.05) is 6.61 Å². The normalized spacial score (nSPS) is 16.6. The molecule has 27 heavy (non-hydrogen) atoms. The molecule has 1 fully saturated rings. The number of thioether (sulfide) groups is 1. The first-order valence-electron chi connectivity index (χ1n) is 8.20. The van der Waals surface area contributed by atoms with Crippen LogP contribution in [-0.2, 0) is 9.59 Å². The van der Waals surface area contributed by atoms with Crippen LogP contribution < -0.4 is 15.2 Å². The van der Waals surface area contributed by atoms with Crippen LogP contribution in [0.15, 0.2) is 52.4 Å². The Bertz CT molecular complexity index is 949. The maximum Gasteiger partial charge on any atom is 0.264 e. The molecular weight excluding hydrogens is 364 g/mol. The zero-order chi connectivity index (χ0) is 19.4. The average Bonchev–Trinajstić information content (AvgIpc) is 2.96. The van der Waals surface area contributed by atoms with Crippen molar-refractivity contribution in [3.05, 3.63) is 64.1 Å². The molecule has 3 rings (SSSR count). The standard InChI is InChI=1S/C20H18N2O4S/c1-12-3-4-13(2)16(9-12)21-20-22-19(25)17(27-20)10-14-5-7-15(8-6-14)26-11-18(23)24/h3-10H,11H2,1-2H3,(H,23,24)(H,21,22,25)/p-1/b17-10+. The number of hydrogen-bond donors (Lipinski definition) is 1.